The van der Waals surface area contributed by atoms with Crippen molar-refractivity contribution in [2.24, 2.45) is 0 Å². The summed E-state index contributed by atoms with van der Waals surface area (Å²) < 4.78 is 38.7. The highest BCUT2D eigenvalue weighted by Gasteiger charge is 2.30. The number of fused-ring (bicyclic) bond motifs is 1. The van der Waals surface area contributed by atoms with Crippen LogP contribution in [0, 0.1) is 0 Å². The zero-order chi connectivity index (χ0) is 21.1. The number of halogens is 1. The molecule has 1 amide bonds. The van der Waals surface area contributed by atoms with Crippen molar-refractivity contribution >= 4 is 44.6 Å². The minimum atomic E-state index is -3.54. The number of hydrogen-bond donors (Lipinski definition) is 1. The third kappa shape index (κ3) is 4.89. The molecular weight excluding hydrogens is 450 g/mol. The summed E-state index contributed by atoms with van der Waals surface area (Å²) in [6.07, 6.45) is 0.817. The maximum Gasteiger partial charge on any atom is 0.252 e. The summed E-state index contributed by atoms with van der Waals surface area (Å²) in [5, 5.41) is 2.87. The van der Waals surface area contributed by atoms with Crippen LogP contribution >= 0.6 is 22.9 Å². The summed E-state index contributed by atoms with van der Waals surface area (Å²) in [4.78, 5) is 14.4. The third-order valence-corrected chi connectivity index (χ3v) is 8.47. The number of thiophene rings is 1. The summed E-state index contributed by atoms with van der Waals surface area (Å²) in [7, 11) is -3.54. The predicted molar refractivity (Wildman–Crippen MR) is 115 cm³/mol. The van der Waals surface area contributed by atoms with Crippen molar-refractivity contribution in [2.45, 2.75) is 10.6 Å². The summed E-state index contributed by atoms with van der Waals surface area (Å²) >= 11 is 6.92. The second-order valence-electron chi connectivity index (χ2n) is 7.00. The second-order valence-corrected chi connectivity index (χ2v) is 10.9. The van der Waals surface area contributed by atoms with Gasteiger partial charge in [-0.1, -0.05) is 11.6 Å². The lowest BCUT2D eigenvalue weighted by Crippen LogP contribution is -2.50. The standard InChI is InChI=1S/C19H22ClN3O5S2/c20-17-4-5-19(29-17)30(25,26)23-8-6-22(7-9-23)13-18(24)21-14-2-3-15-16(12-14)28-11-1-10-27-15/h2-5,12H,1,6-11,13H2,(H,21,24). The zero-order valence-electron chi connectivity index (χ0n) is 16.2. The first kappa shape index (κ1) is 21.4. The van der Waals surface area contributed by atoms with Gasteiger partial charge in [-0.25, -0.2) is 8.42 Å². The Morgan fingerprint density at radius 1 is 1.07 bits per heavy atom. The molecule has 2 aliphatic heterocycles. The van der Waals surface area contributed by atoms with Crippen LogP contribution in [0.25, 0.3) is 0 Å². The van der Waals surface area contributed by atoms with Gasteiger partial charge >= 0.3 is 0 Å². The fourth-order valence-electron chi connectivity index (χ4n) is 3.34. The molecule has 2 aliphatic rings. The van der Waals surface area contributed by atoms with Crippen molar-refractivity contribution in [3.8, 4) is 11.5 Å². The molecule has 1 N–H and O–H groups in total. The Morgan fingerprint density at radius 3 is 2.50 bits per heavy atom. The van der Waals surface area contributed by atoms with Gasteiger partial charge in [-0.15, -0.1) is 11.3 Å². The Morgan fingerprint density at radius 2 is 1.80 bits per heavy atom. The fraction of sp³-hybridized carbons (Fsp3) is 0.421. The Bertz CT molecular complexity index is 1020. The topological polar surface area (TPSA) is 88.2 Å². The van der Waals surface area contributed by atoms with E-state index in [4.69, 9.17) is 21.1 Å². The normalized spacial score (nSPS) is 18.0. The van der Waals surface area contributed by atoms with Gasteiger partial charge in [0.05, 0.1) is 24.1 Å². The van der Waals surface area contributed by atoms with E-state index in [-0.39, 0.29) is 16.7 Å². The average Bonchev–Trinajstić information content (AvgIpc) is 3.03. The van der Waals surface area contributed by atoms with E-state index in [0.29, 0.717) is 60.9 Å². The number of nitrogens with one attached hydrogen (secondary N) is 1. The molecule has 1 aromatic carbocycles. The highest BCUT2D eigenvalue weighted by atomic mass is 35.5. The Hall–Kier alpha value is -1.85. The van der Waals surface area contributed by atoms with Crippen LogP contribution in [-0.4, -0.2) is 69.5 Å². The highest BCUT2D eigenvalue weighted by Crippen LogP contribution is 2.32. The van der Waals surface area contributed by atoms with Crippen molar-refractivity contribution in [1.82, 2.24) is 9.21 Å². The first-order chi connectivity index (χ1) is 14.4. The first-order valence-corrected chi connectivity index (χ1v) is 12.2. The number of amides is 1. The van der Waals surface area contributed by atoms with Crippen LogP contribution in [-0.2, 0) is 14.8 Å². The van der Waals surface area contributed by atoms with Crippen LogP contribution in [0.4, 0.5) is 5.69 Å². The number of benzene rings is 1. The second kappa shape index (κ2) is 9.11. The quantitative estimate of drug-likeness (QED) is 0.720. The molecule has 1 fully saturated rings. The number of sulfonamides is 1. The highest BCUT2D eigenvalue weighted by molar-refractivity contribution is 7.91. The molecule has 162 valence electrons. The first-order valence-electron chi connectivity index (χ1n) is 9.59. The lowest BCUT2D eigenvalue weighted by molar-refractivity contribution is -0.117. The number of carbonyl (C=O) groups excluding carboxylic acids is 1. The SMILES string of the molecule is O=C(CN1CCN(S(=O)(=O)c2ccc(Cl)s2)CC1)Nc1ccc2c(c1)OCCCO2. The van der Waals surface area contributed by atoms with Crippen molar-refractivity contribution in [3.05, 3.63) is 34.7 Å². The van der Waals surface area contributed by atoms with E-state index in [1.165, 1.54) is 10.4 Å². The van der Waals surface area contributed by atoms with E-state index in [1.54, 1.807) is 24.3 Å². The van der Waals surface area contributed by atoms with E-state index in [0.717, 1.165) is 17.8 Å². The molecule has 3 heterocycles. The molecule has 0 atom stereocenters. The molecule has 0 spiro atoms. The molecule has 0 unspecified atom stereocenters. The van der Waals surface area contributed by atoms with Crippen LogP contribution in [0.3, 0.4) is 0 Å². The summed E-state index contributed by atoms with van der Waals surface area (Å²) in [5.74, 6) is 1.14. The van der Waals surface area contributed by atoms with Gasteiger partial charge in [0.15, 0.2) is 11.5 Å². The molecule has 0 aliphatic carbocycles. The van der Waals surface area contributed by atoms with E-state index < -0.39 is 10.0 Å². The fourth-order valence-corrected chi connectivity index (χ4v) is 6.40. The van der Waals surface area contributed by atoms with Crippen molar-refractivity contribution in [1.29, 1.82) is 0 Å². The van der Waals surface area contributed by atoms with Crippen LogP contribution in [0.5, 0.6) is 11.5 Å². The number of nitrogens with zero attached hydrogens (tertiary/aromatic N) is 2. The molecule has 30 heavy (non-hydrogen) atoms. The Labute approximate surface area is 184 Å². The smallest absolute Gasteiger partial charge is 0.252 e. The molecular formula is C19H22ClN3O5S2. The van der Waals surface area contributed by atoms with Gasteiger partial charge in [-0.3, -0.25) is 9.69 Å². The van der Waals surface area contributed by atoms with Crippen LogP contribution in [0.15, 0.2) is 34.5 Å². The largest absolute Gasteiger partial charge is 0.490 e. The van der Waals surface area contributed by atoms with Gasteiger partial charge in [0, 0.05) is 44.4 Å². The monoisotopic (exact) mass is 471 g/mol. The molecule has 0 radical (unpaired) electrons. The summed E-state index contributed by atoms with van der Waals surface area (Å²) in [6, 6.07) is 8.44. The van der Waals surface area contributed by atoms with Crippen molar-refractivity contribution in [3.63, 3.8) is 0 Å². The summed E-state index contributed by atoms with van der Waals surface area (Å²) in [5.41, 5.74) is 0.639. The number of carbonyl (C=O) groups is 1. The molecule has 0 bridgehead atoms. The molecule has 1 aromatic heterocycles. The number of anilines is 1. The minimum Gasteiger partial charge on any atom is -0.490 e. The average molecular weight is 472 g/mol. The van der Waals surface area contributed by atoms with Gasteiger partial charge in [0.2, 0.25) is 5.91 Å². The Kier molecular flexibility index (Phi) is 6.49. The van der Waals surface area contributed by atoms with Gasteiger partial charge in [-0.2, -0.15) is 4.31 Å². The van der Waals surface area contributed by atoms with E-state index >= 15 is 0 Å². The van der Waals surface area contributed by atoms with Crippen LogP contribution < -0.4 is 14.8 Å². The molecule has 2 aromatic rings. The van der Waals surface area contributed by atoms with Crippen molar-refractivity contribution < 1.29 is 22.7 Å². The lowest BCUT2D eigenvalue weighted by atomic mass is 10.2. The molecule has 1 saturated heterocycles. The molecule has 4 rings (SSSR count). The van der Waals surface area contributed by atoms with Crippen LogP contribution in [0.1, 0.15) is 6.42 Å². The van der Waals surface area contributed by atoms with Crippen LogP contribution in [0.2, 0.25) is 4.34 Å². The minimum absolute atomic E-state index is 0.161. The zero-order valence-corrected chi connectivity index (χ0v) is 18.6. The molecule has 8 nitrogen and oxygen atoms in total. The summed E-state index contributed by atoms with van der Waals surface area (Å²) in [6.45, 7) is 2.99. The number of ether oxygens (including phenoxy) is 2. The van der Waals surface area contributed by atoms with Gasteiger partial charge in [0.1, 0.15) is 4.21 Å². The molecule has 0 saturated carbocycles. The third-order valence-electron chi connectivity index (χ3n) is 4.87. The lowest BCUT2D eigenvalue weighted by Gasteiger charge is -2.33. The Balaban J connectivity index is 1.30. The van der Waals surface area contributed by atoms with E-state index in [9.17, 15) is 13.2 Å². The van der Waals surface area contributed by atoms with Gasteiger partial charge in [-0.05, 0) is 24.3 Å². The number of hydrogen-bond acceptors (Lipinski definition) is 7. The maximum absolute atomic E-state index is 12.7. The van der Waals surface area contributed by atoms with Crippen molar-refractivity contribution in [2.75, 3.05) is 51.3 Å². The van der Waals surface area contributed by atoms with E-state index in [1.807, 2.05) is 4.90 Å². The number of piperazine rings is 1. The van der Waals surface area contributed by atoms with Gasteiger partial charge < -0.3 is 14.8 Å². The predicted octanol–water partition coefficient (Wildman–Crippen LogP) is 2.51. The number of rotatable bonds is 5. The van der Waals surface area contributed by atoms with Gasteiger partial charge in [0.25, 0.3) is 10.0 Å². The van der Waals surface area contributed by atoms with E-state index in [2.05, 4.69) is 5.32 Å². The molecule has 11 heteroatoms. The maximum atomic E-state index is 12.7.